The van der Waals surface area contributed by atoms with Crippen LogP contribution in [0.15, 0.2) is 229 Å². The average molecular weight is 1110 g/mol. The van der Waals surface area contributed by atoms with E-state index in [2.05, 4.69) is 96.9 Å². The third kappa shape index (κ3) is 7.46. The fourth-order valence-electron chi connectivity index (χ4n) is 9.78. The van der Waals surface area contributed by atoms with E-state index >= 15 is 0 Å². The maximum Gasteiger partial charge on any atom is 2.00 e. The van der Waals surface area contributed by atoms with Crippen LogP contribution in [0, 0.1) is 12.4 Å². The number of rotatable bonds is 6. The smallest absolute Gasteiger partial charge is 0.455 e. The Bertz CT molecular complexity index is 4770. The minimum atomic E-state index is -0.546. The molecule has 13 aromatic rings. The summed E-state index contributed by atoms with van der Waals surface area (Å²) in [5.41, 5.74) is 9.11. The van der Waals surface area contributed by atoms with Crippen LogP contribution in [0.25, 0.3) is 111 Å². The number of pyridine rings is 1. The molecule has 9 aromatic carbocycles. The molecule has 0 saturated carbocycles. The predicted octanol–water partition coefficient (Wildman–Crippen LogP) is 15.6. The largest absolute Gasteiger partial charge is 2.00 e. The second-order valence-electron chi connectivity index (χ2n) is 18.3. The van der Waals surface area contributed by atoms with Crippen molar-refractivity contribution in [1.82, 2.24) is 18.7 Å². The van der Waals surface area contributed by atoms with E-state index in [9.17, 15) is 2.74 Å². The molecule has 342 valence electrons. The zero-order valence-corrected chi connectivity index (χ0v) is 40.9. The first-order valence-electron chi connectivity index (χ1n) is 27.6. The van der Waals surface area contributed by atoms with E-state index in [4.69, 9.17) is 19.0 Å². The zero-order valence-electron chi connectivity index (χ0n) is 47.6. The van der Waals surface area contributed by atoms with Gasteiger partial charge in [0.05, 0.1) is 45.8 Å². The SMILES string of the molecule is [2H]c1cc(-c2cccc(-c3c([2H])c([2H])c([2H])c([2H])c3[2H])c2-[n+]2[c-]n(-c3ccc4oc5ccccc5c5ccccc5n(-c5[c-]c6c(cc5)c5ccccc5n6-c5cc(C(C)(C)C)ccn5)c4c3)c3ccccc32)c([2H])c([2H])c1[2H].[Pt+2]. The molecule has 71 heavy (non-hydrogen) atoms. The molecular formula is C64H46N5OPt+. The van der Waals surface area contributed by atoms with Gasteiger partial charge in [-0.1, -0.05) is 189 Å². The maximum absolute atomic E-state index is 9.17. The number of para-hydroxylation sites is 6. The summed E-state index contributed by atoms with van der Waals surface area (Å²) in [4.78, 5) is 4.96. The van der Waals surface area contributed by atoms with Gasteiger partial charge in [0.2, 0.25) is 0 Å². The molecule has 7 heteroatoms. The van der Waals surface area contributed by atoms with E-state index in [1.54, 1.807) is 22.8 Å². The molecule has 0 amide bonds. The summed E-state index contributed by atoms with van der Waals surface area (Å²) in [5, 5.41) is 3.89. The Labute approximate surface area is 438 Å². The molecule has 0 saturated heterocycles. The Morgan fingerprint density at radius 3 is 2.00 bits per heavy atom. The Hall–Kier alpha value is -8.31. The summed E-state index contributed by atoms with van der Waals surface area (Å²) in [7, 11) is 0. The number of nitrogens with zero attached hydrogens (tertiary/aromatic N) is 5. The van der Waals surface area contributed by atoms with Gasteiger partial charge in [-0.05, 0) is 87.1 Å². The molecule has 4 heterocycles. The van der Waals surface area contributed by atoms with Crippen LogP contribution in [0.5, 0.6) is 0 Å². The molecule has 0 radical (unpaired) electrons. The van der Waals surface area contributed by atoms with Crippen molar-refractivity contribution in [1.29, 1.82) is 0 Å². The van der Waals surface area contributed by atoms with Crippen molar-refractivity contribution < 1.29 is 42.4 Å². The Kier molecular flexibility index (Phi) is 8.64. The number of fused-ring (bicyclic) bond motifs is 8. The van der Waals surface area contributed by atoms with Crippen LogP contribution in [-0.4, -0.2) is 18.7 Å². The normalized spacial score (nSPS) is 13.5. The van der Waals surface area contributed by atoms with E-state index in [-0.39, 0.29) is 60.9 Å². The third-order valence-corrected chi connectivity index (χ3v) is 13.1. The Morgan fingerprint density at radius 1 is 0.549 bits per heavy atom. The average Bonchev–Trinajstić information content (AvgIpc) is 4.17. The summed E-state index contributed by atoms with van der Waals surface area (Å²) in [5.74, 6) is 0.771. The first kappa shape index (κ1) is 34.9. The van der Waals surface area contributed by atoms with E-state index < -0.39 is 42.3 Å². The van der Waals surface area contributed by atoms with Gasteiger partial charge in [-0.2, -0.15) is 6.07 Å². The van der Waals surface area contributed by atoms with Gasteiger partial charge in [0.1, 0.15) is 17.0 Å². The van der Waals surface area contributed by atoms with Crippen molar-refractivity contribution in [2.75, 3.05) is 0 Å². The molecule has 0 atom stereocenters. The molecule has 0 spiro atoms. The minimum absolute atomic E-state index is 0. The number of hydrogen-bond acceptors (Lipinski definition) is 2. The second kappa shape index (κ2) is 17.6. The molecular weight excluding hydrogens is 1050 g/mol. The maximum atomic E-state index is 9.17. The molecule has 4 aromatic heterocycles. The Morgan fingerprint density at radius 2 is 1.21 bits per heavy atom. The predicted molar refractivity (Wildman–Crippen MR) is 286 cm³/mol. The monoisotopic (exact) mass is 1100 g/mol. The van der Waals surface area contributed by atoms with Crippen LogP contribution in [0.1, 0.15) is 38.7 Å². The topological polar surface area (TPSA) is 44.7 Å². The minimum Gasteiger partial charge on any atom is -0.455 e. The molecule has 0 aliphatic carbocycles. The van der Waals surface area contributed by atoms with Crippen LogP contribution in [-0.2, 0) is 26.5 Å². The van der Waals surface area contributed by atoms with Gasteiger partial charge in [0.15, 0.2) is 0 Å². The third-order valence-electron chi connectivity index (χ3n) is 13.1. The standard InChI is InChI=1S/C64H46N5O.Pt/c1-64(2,3)45-37-38-65-62(39-45)69-55-29-14-10-23-50(55)52-35-33-47(41-58(52)69)68-54-28-13-11-24-51(54)53-25-12-17-32-60(53)70-61-36-34-46(40-59(61)68)66-42-67(57-31-16-15-30-56(57)66)63-48(43-19-6-4-7-20-43)26-18-27-49(63)44-21-8-5-9-22-44;/h4-40H,1-3H3;/q-1;+2/i4D,5D,6D,7D,8D,9D,19D,20D,21D;. The van der Waals surface area contributed by atoms with Gasteiger partial charge in [0.25, 0.3) is 6.33 Å². The van der Waals surface area contributed by atoms with Crippen molar-refractivity contribution in [3.8, 4) is 45.1 Å². The second-order valence-corrected chi connectivity index (χ2v) is 18.3. The Balaban J connectivity index is 0.00000637. The molecule has 0 unspecified atom stereocenters. The number of hydrogen-bond donors (Lipinski definition) is 0. The van der Waals surface area contributed by atoms with Crippen LogP contribution in [0.4, 0.5) is 0 Å². The van der Waals surface area contributed by atoms with E-state index in [0.29, 0.717) is 39.0 Å². The number of imidazole rings is 1. The van der Waals surface area contributed by atoms with Crippen molar-refractivity contribution in [2.24, 2.45) is 0 Å². The van der Waals surface area contributed by atoms with Gasteiger partial charge < -0.3 is 13.6 Å². The van der Waals surface area contributed by atoms with Crippen LogP contribution < -0.4 is 4.57 Å². The van der Waals surface area contributed by atoms with Crippen molar-refractivity contribution >= 4 is 65.8 Å². The van der Waals surface area contributed by atoms with E-state index in [1.165, 1.54) is 6.07 Å². The van der Waals surface area contributed by atoms with E-state index in [1.807, 2.05) is 95.7 Å². The zero-order chi connectivity index (χ0) is 54.8. The summed E-state index contributed by atoms with van der Waals surface area (Å²) >= 11 is 0. The van der Waals surface area contributed by atoms with Crippen molar-refractivity contribution in [2.45, 2.75) is 26.2 Å². The molecule has 0 aliphatic rings. The summed E-state index contributed by atoms with van der Waals surface area (Å²) in [6.45, 7) is 6.58. The van der Waals surface area contributed by atoms with Crippen molar-refractivity contribution in [3.63, 3.8) is 0 Å². The van der Waals surface area contributed by atoms with Crippen LogP contribution in [0.3, 0.4) is 0 Å². The number of aromatic nitrogens is 5. The van der Waals surface area contributed by atoms with Gasteiger partial charge in [-0.3, -0.25) is 9.13 Å². The fourth-order valence-corrected chi connectivity index (χ4v) is 9.78. The molecule has 6 nitrogen and oxygen atoms in total. The molecule has 0 bridgehead atoms. The summed E-state index contributed by atoms with van der Waals surface area (Å²) in [6.07, 6.45) is 5.46. The molecule has 0 N–H and O–H groups in total. The van der Waals surface area contributed by atoms with Crippen LogP contribution >= 0.6 is 0 Å². The first-order valence-corrected chi connectivity index (χ1v) is 23.1. The van der Waals surface area contributed by atoms with Gasteiger partial charge in [-0.15, -0.1) is 17.5 Å². The first-order chi connectivity index (χ1) is 38.1. The molecule has 0 aliphatic heterocycles. The molecule has 13 rings (SSSR count). The molecule has 0 fully saturated rings. The van der Waals surface area contributed by atoms with Gasteiger partial charge in [0, 0.05) is 22.5 Å². The van der Waals surface area contributed by atoms with E-state index in [0.717, 1.165) is 55.2 Å². The van der Waals surface area contributed by atoms with Crippen LogP contribution in [0.2, 0.25) is 0 Å². The quantitative estimate of drug-likeness (QED) is 0.123. The fraction of sp³-hybridized carbons (Fsp3) is 0.0625. The van der Waals surface area contributed by atoms with Gasteiger partial charge in [-0.25, -0.2) is 4.98 Å². The summed E-state index contributed by atoms with van der Waals surface area (Å²) < 4.78 is 94.1. The summed E-state index contributed by atoms with van der Waals surface area (Å²) in [6, 6.07) is 52.8. The van der Waals surface area contributed by atoms with Crippen molar-refractivity contribution in [3.05, 3.63) is 242 Å². The van der Waals surface area contributed by atoms with Gasteiger partial charge >= 0.3 is 21.1 Å². The number of benzene rings is 9.